The quantitative estimate of drug-likeness (QED) is 0.829. The van der Waals surface area contributed by atoms with E-state index >= 15 is 0 Å². The van der Waals surface area contributed by atoms with Crippen molar-refractivity contribution >= 4 is 15.9 Å². The molecule has 1 heterocycles. The van der Waals surface area contributed by atoms with Crippen LogP contribution in [-0.2, 0) is 14.8 Å². The molecule has 2 rings (SSSR count). The molecular weight excluding hydrogens is 280 g/mol. The average Bonchev–Trinajstić information content (AvgIpc) is 2.89. The minimum absolute atomic E-state index is 0.0369. The summed E-state index contributed by atoms with van der Waals surface area (Å²) in [5, 5.41) is 0. The number of ether oxygens (including phenoxy) is 1. The van der Waals surface area contributed by atoms with E-state index in [2.05, 4.69) is 4.72 Å². The van der Waals surface area contributed by atoms with Gasteiger partial charge in [-0.2, -0.15) is 0 Å². The normalized spacial score (nSPS) is 19.1. The number of amides is 1. The van der Waals surface area contributed by atoms with Gasteiger partial charge in [-0.15, -0.1) is 0 Å². The summed E-state index contributed by atoms with van der Waals surface area (Å²) in [6, 6.07) is 4.33. The molecule has 110 valence electrons. The lowest BCUT2D eigenvalue weighted by Gasteiger charge is -2.12. The molecule has 0 spiro atoms. The fraction of sp³-hybridized carbons (Fsp3) is 0.462. The van der Waals surface area contributed by atoms with Crippen LogP contribution in [0.3, 0.4) is 0 Å². The first-order chi connectivity index (χ1) is 9.40. The van der Waals surface area contributed by atoms with Crippen molar-refractivity contribution in [2.24, 2.45) is 5.73 Å². The summed E-state index contributed by atoms with van der Waals surface area (Å²) >= 11 is 0. The fourth-order valence-electron chi connectivity index (χ4n) is 2.13. The number of hydrogen-bond donors (Lipinski definition) is 2. The molecule has 3 N–H and O–H groups in total. The highest BCUT2D eigenvalue weighted by atomic mass is 32.2. The zero-order valence-corrected chi connectivity index (χ0v) is 12.1. The highest BCUT2D eigenvalue weighted by molar-refractivity contribution is 7.89. The number of benzene rings is 1. The van der Waals surface area contributed by atoms with E-state index in [-0.39, 0.29) is 23.1 Å². The van der Waals surface area contributed by atoms with Gasteiger partial charge in [0.15, 0.2) is 0 Å². The van der Waals surface area contributed by atoms with Crippen LogP contribution >= 0.6 is 0 Å². The highest BCUT2D eigenvalue weighted by Crippen LogP contribution is 2.16. The monoisotopic (exact) mass is 298 g/mol. The molecule has 0 aliphatic carbocycles. The van der Waals surface area contributed by atoms with E-state index in [0.717, 1.165) is 12.8 Å². The fourth-order valence-corrected chi connectivity index (χ4v) is 3.22. The van der Waals surface area contributed by atoms with Crippen LogP contribution in [0.1, 0.15) is 28.8 Å². The van der Waals surface area contributed by atoms with Gasteiger partial charge in [-0.05, 0) is 37.5 Å². The topological polar surface area (TPSA) is 98.5 Å². The van der Waals surface area contributed by atoms with Crippen LogP contribution in [0.2, 0.25) is 0 Å². The first kappa shape index (κ1) is 15.0. The Labute approximate surface area is 118 Å². The highest BCUT2D eigenvalue weighted by Gasteiger charge is 2.21. The third-order valence-corrected chi connectivity index (χ3v) is 4.73. The molecule has 1 aliphatic rings. The van der Waals surface area contributed by atoms with Crippen molar-refractivity contribution in [1.29, 1.82) is 0 Å². The second kappa shape index (κ2) is 5.90. The molecule has 1 aromatic carbocycles. The van der Waals surface area contributed by atoms with Crippen LogP contribution in [0.4, 0.5) is 0 Å². The van der Waals surface area contributed by atoms with Crippen molar-refractivity contribution in [1.82, 2.24) is 4.72 Å². The molecule has 1 aliphatic heterocycles. The molecule has 0 bridgehead atoms. The van der Waals surface area contributed by atoms with Gasteiger partial charge in [-0.25, -0.2) is 13.1 Å². The van der Waals surface area contributed by atoms with Gasteiger partial charge in [0.05, 0.1) is 11.0 Å². The predicted octanol–water partition coefficient (Wildman–Crippen LogP) is 0.551. The van der Waals surface area contributed by atoms with Gasteiger partial charge in [-0.3, -0.25) is 4.79 Å². The van der Waals surface area contributed by atoms with Gasteiger partial charge in [0.25, 0.3) is 0 Å². The average molecular weight is 298 g/mol. The van der Waals surface area contributed by atoms with Crippen LogP contribution in [0.5, 0.6) is 0 Å². The number of nitrogens with two attached hydrogens (primary N) is 1. The number of nitrogens with one attached hydrogen (secondary N) is 1. The zero-order chi connectivity index (χ0) is 14.8. The second-order valence-corrected chi connectivity index (χ2v) is 6.59. The molecule has 20 heavy (non-hydrogen) atoms. The van der Waals surface area contributed by atoms with Crippen molar-refractivity contribution in [3.63, 3.8) is 0 Å². The number of carbonyl (C=O) groups excluding carboxylic acids is 1. The van der Waals surface area contributed by atoms with E-state index in [0.29, 0.717) is 12.2 Å². The molecule has 1 amide bonds. The van der Waals surface area contributed by atoms with E-state index in [1.54, 1.807) is 13.0 Å². The molecule has 0 aromatic heterocycles. The zero-order valence-electron chi connectivity index (χ0n) is 11.3. The first-order valence-corrected chi connectivity index (χ1v) is 7.90. The molecule has 1 atom stereocenters. The molecule has 6 nitrogen and oxygen atoms in total. The number of aryl methyl sites for hydroxylation is 1. The maximum atomic E-state index is 12.2. The van der Waals surface area contributed by atoms with Crippen molar-refractivity contribution in [2.75, 3.05) is 13.2 Å². The Morgan fingerprint density at radius 2 is 2.25 bits per heavy atom. The van der Waals surface area contributed by atoms with Crippen molar-refractivity contribution in [3.05, 3.63) is 29.3 Å². The van der Waals surface area contributed by atoms with Crippen LogP contribution < -0.4 is 10.5 Å². The van der Waals surface area contributed by atoms with Crippen LogP contribution in [0.25, 0.3) is 0 Å². The number of rotatable bonds is 5. The first-order valence-electron chi connectivity index (χ1n) is 6.42. The summed E-state index contributed by atoms with van der Waals surface area (Å²) in [6.07, 6.45) is 1.72. The van der Waals surface area contributed by atoms with E-state index in [1.807, 2.05) is 0 Å². The predicted molar refractivity (Wildman–Crippen MR) is 73.9 cm³/mol. The number of primary amides is 1. The summed E-state index contributed by atoms with van der Waals surface area (Å²) in [5.41, 5.74) is 6.09. The Morgan fingerprint density at radius 3 is 2.85 bits per heavy atom. The standard InChI is InChI=1S/C13H18N2O4S/c1-9-4-5-11(7-12(9)13(14)16)20(17,18)15-8-10-3-2-6-19-10/h4-5,7,10,15H,2-3,6,8H2,1H3,(H2,14,16)/t10-/m1/s1. The Kier molecular flexibility index (Phi) is 4.42. The number of sulfonamides is 1. The van der Waals surface area contributed by atoms with Gasteiger partial charge in [0.1, 0.15) is 0 Å². The maximum Gasteiger partial charge on any atom is 0.249 e. The van der Waals surface area contributed by atoms with E-state index in [1.165, 1.54) is 12.1 Å². The smallest absolute Gasteiger partial charge is 0.249 e. The minimum atomic E-state index is -3.66. The maximum absolute atomic E-state index is 12.2. The largest absolute Gasteiger partial charge is 0.377 e. The summed E-state index contributed by atoms with van der Waals surface area (Å²) in [4.78, 5) is 11.3. The molecule has 0 saturated carbocycles. The summed E-state index contributed by atoms with van der Waals surface area (Å²) < 4.78 is 32.2. The lowest BCUT2D eigenvalue weighted by atomic mass is 10.1. The Morgan fingerprint density at radius 1 is 1.50 bits per heavy atom. The minimum Gasteiger partial charge on any atom is -0.377 e. The Bertz CT molecular complexity index is 607. The van der Waals surface area contributed by atoms with E-state index < -0.39 is 15.9 Å². The van der Waals surface area contributed by atoms with Gasteiger partial charge < -0.3 is 10.5 Å². The van der Waals surface area contributed by atoms with Crippen molar-refractivity contribution in [2.45, 2.75) is 30.8 Å². The van der Waals surface area contributed by atoms with E-state index in [9.17, 15) is 13.2 Å². The van der Waals surface area contributed by atoms with E-state index in [4.69, 9.17) is 10.5 Å². The van der Waals surface area contributed by atoms with Crippen molar-refractivity contribution < 1.29 is 17.9 Å². The molecule has 1 aromatic rings. The SMILES string of the molecule is Cc1ccc(S(=O)(=O)NC[C@H]2CCCO2)cc1C(N)=O. The van der Waals surface area contributed by atoms with Gasteiger partial charge >= 0.3 is 0 Å². The van der Waals surface area contributed by atoms with Gasteiger partial charge in [0, 0.05) is 18.7 Å². The van der Waals surface area contributed by atoms with Crippen LogP contribution in [0, 0.1) is 6.92 Å². The summed E-state index contributed by atoms with van der Waals surface area (Å²) in [6.45, 7) is 2.61. The lowest BCUT2D eigenvalue weighted by Crippen LogP contribution is -2.32. The van der Waals surface area contributed by atoms with Crippen LogP contribution in [0.15, 0.2) is 23.1 Å². The van der Waals surface area contributed by atoms with Gasteiger partial charge in [0.2, 0.25) is 15.9 Å². The molecule has 7 heteroatoms. The molecule has 1 fully saturated rings. The Hall–Kier alpha value is -1.44. The Balaban J connectivity index is 2.16. The second-order valence-electron chi connectivity index (χ2n) is 4.83. The number of hydrogen-bond acceptors (Lipinski definition) is 4. The third kappa shape index (κ3) is 3.36. The summed E-state index contributed by atoms with van der Waals surface area (Å²) in [7, 11) is -3.66. The number of carbonyl (C=O) groups is 1. The molecule has 1 saturated heterocycles. The van der Waals surface area contributed by atoms with Gasteiger partial charge in [-0.1, -0.05) is 6.07 Å². The lowest BCUT2D eigenvalue weighted by molar-refractivity contribution is 0.0999. The molecular formula is C13H18N2O4S. The summed E-state index contributed by atoms with van der Waals surface area (Å²) in [5.74, 6) is -0.640. The van der Waals surface area contributed by atoms with Crippen molar-refractivity contribution in [3.8, 4) is 0 Å². The molecule has 0 unspecified atom stereocenters. The molecule has 0 radical (unpaired) electrons. The third-order valence-electron chi connectivity index (χ3n) is 3.31. The van der Waals surface area contributed by atoms with Crippen LogP contribution in [-0.4, -0.2) is 33.6 Å².